The smallest absolute Gasteiger partial charge is 0.395 e. The van der Waals surface area contributed by atoms with Gasteiger partial charge in [-0.25, -0.2) is 0 Å². The van der Waals surface area contributed by atoms with Crippen LogP contribution in [0, 0.1) is 0 Å². The third-order valence-electron chi connectivity index (χ3n) is 3.95. The van der Waals surface area contributed by atoms with Crippen molar-refractivity contribution in [2.75, 3.05) is 6.54 Å². The Balaban J connectivity index is 2.07. The molecule has 1 saturated carbocycles. The van der Waals surface area contributed by atoms with Crippen LogP contribution in [0.5, 0.6) is 11.5 Å². The molecule has 1 heterocycles. The van der Waals surface area contributed by atoms with Crippen LogP contribution >= 0.6 is 0 Å². The number of halogens is 2. The van der Waals surface area contributed by atoms with Gasteiger partial charge in [0.1, 0.15) is 0 Å². The fourth-order valence-corrected chi connectivity index (χ4v) is 3.02. The minimum Gasteiger partial charge on any atom is -0.395 e. The summed E-state index contributed by atoms with van der Waals surface area (Å²) in [6.07, 6.45) is 0.396. The third-order valence-corrected chi connectivity index (χ3v) is 3.95. The number of hydrogen-bond donors (Lipinski definition) is 1. The van der Waals surface area contributed by atoms with Crippen molar-refractivity contribution in [1.82, 2.24) is 0 Å². The second kappa shape index (κ2) is 3.82. The molecule has 5 heteroatoms. The average molecular weight is 255 g/mol. The number of alkyl halides is 2. The van der Waals surface area contributed by atoms with Crippen molar-refractivity contribution < 1.29 is 18.3 Å². The maximum Gasteiger partial charge on any atom is 0.586 e. The Bertz CT molecular complexity index is 470. The predicted molar refractivity (Wildman–Crippen MR) is 61.8 cm³/mol. The SMILES string of the molecule is NCC1(c2cccc3c2OC(F)(F)O3)CCCC1. The molecule has 2 N–H and O–H groups in total. The van der Waals surface area contributed by atoms with Gasteiger partial charge in [0.15, 0.2) is 11.5 Å². The minimum absolute atomic E-state index is 0.109. The normalized spacial score (nSPS) is 23.3. The summed E-state index contributed by atoms with van der Waals surface area (Å²) in [4.78, 5) is 0. The van der Waals surface area contributed by atoms with Crippen LogP contribution in [0.25, 0.3) is 0 Å². The van der Waals surface area contributed by atoms with Gasteiger partial charge in [-0.3, -0.25) is 0 Å². The topological polar surface area (TPSA) is 44.5 Å². The molecule has 0 amide bonds. The van der Waals surface area contributed by atoms with Gasteiger partial charge in [0.2, 0.25) is 0 Å². The van der Waals surface area contributed by atoms with Crippen molar-refractivity contribution in [3.05, 3.63) is 23.8 Å². The molecule has 98 valence electrons. The first-order valence-electron chi connectivity index (χ1n) is 6.16. The van der Waals surface area contributed by atoms with Crippen LogP contribution in [-0.4, -0.2) is 12.8 Å². The second-order valence-electron chi connectivity index (χ2n) is 4.99. The Kier molecular flexibility index (Phi) is 2.48. The summed E-state index contributed by atoms with van der Waals surface area (Å²) in [7, 11) is 0. The monoisotopic (exact) mass is 255 g/mol. The number of ether oxygens (including phenoxy) is 2. The zero-order chi connectivity index (χ0) is 12.8. The fourth-order valence-electron chi connectivity index (χ4n) is 3.02. The molecule has 0 radical (unpaired) electrons. The van der Waals surface area contributed by atoms with Gasteiger partial charge < -0.3 is 15.2 Å². The summed E-state index contributed by atoms with van der Waals surface area (Å²) in [5, 5.41) is 0. The molecule has 18 heavy (non-hydrogen) atoms. The van der Waals surface area contributed by atoms with E-state index in [4.69, 9.17) is 5.73 Å². The number of nitrogens with two attached hydrogens (primary N) is 1. The zero-order valence-electron chi connectivity index (χ0n) is 9.92. The summed E-state index contributed by atoms with van der Waals surface area (Å²) in [6, 6.07) is 5.04. The van der Waals surface area contributed by atoms with Gasteiger partial charge in [0.05, 0.1) is 0 Å². The van der Waals surface area contributed by atoms with E-state index < -0.39 is 6.29 Å². The first-order valence-corrected chi connectivity index (χ1v) is 6.16. The Morgan fingerprint density at radius 3 is 2.56 bits per heavy atom. The lowest BCUT2D eigenvalue weighted by molar-refractivity contribution is -0.287. The summed E-state index contributed by atoms with van der Waals surface area (Å²) in [5.74, 6) is 0.270. The van der Waals surface area contributed by atoms with Crippen molar-refractivity contribution in [1.29, 1.82) is 0 Å². The van der Waals surface area contributed by atoms with E-state index >= 15 is 0 Å². The van der Waals surface area contributed by atoms with Gasteiger partial charge in [-0.1, -0.05) is 25.0 Å². The number of hydrogen-bond acceptors (Lipinski definition) is 3. The van der Waals surface area contributed by atoms with Crippen molar-refractivity contribution in [2.45, 2.75) is 37.4 Å². The molecule has 0 bridgehead atoms. The lowest BCUT2D eigenvalue weighted by Gasteiger charge is -2.28. The average Bonchev–Trinajstić information content (AvgIpc) is 2.90. The van der Waals surface area contributed by atoms with Crippen LogP contribution in [0.2, 0.25) is 0 Å². The van der Waals surface area contributed by atoms with Crippen LogP contribution < -0.4 is 15.2 Å². The molecule has 0 saturated heterocycles. The first kappa shape index (κ1) is 11.7. The van der Waals surface area contributed by atoms with Crippen LogP contribution in [0.1, 0.15) is 31.2 Å². The van der Waals surface area contributed by atoms with E-state index in [0.717, 1.165) is 31.2 Å². The van der Waals surface area contributed by atoms with E-state index in [1.807, 2.05) is 6.07 Å². The predicted octanol–water partition coefficient (Wildman–Crippen LogP) is 2.78. The molecule has 0 unspecified atom stereocenters. The molecule has 1 aliphatic carbocycles. The largest absolute Gasteiger partial charge is 0.586 e. The molecule has 1 aromatic carbocycles. The zero-order valence-corrected chi connectivity index (χ0v) is 9.92. The van der Waals surface area contributed by atoms with Gasteiger partial charge in [-0.05, 0) is 18.9 Å². The maximum absolute atomic E-state index is 13.2. The molecule has 3 nitrogen and oxygen atoms in total. The molecular formula is C13H15F2NO2. The van der Waals surface area contributed by atoms with Crippen LogP contribution in [0.15, 0.2) is 18.2 Å². The lowest BCUT2D eigenvalue weighted by atomic mass is 9.78. The summed E-state index contributed by atoms with van der Waals surface area (Å²) in [5.41, 5.74) is 6.40. The molecule has 1 aliphatic heterocycles. The van der Waals surface area contributed by atoms with E-state index in [-0.39, 0.29) is 16.9 Å². The molecule has 1 aromatic rings. The Morgan fingerprint density at radius 2 is 1.89 bits per heavy atom. The fraction of sp³-hybridized carbons (Fsp3) is 0.538. The molecule has 1 fully saturated rings. The molecule has 0 atom stereocenters. The van der Waals surface area contributed by atoms with Gasteiger partial charge >= 0.3 is 6.29 Å². The van der Waals surface area contributed by atoms with Crippen molar-refractivity contribution in [3.8, 4) is 11.5 Å². The van der Waals surface area contributed by atoms with Crippen LogP contribution in [-0.2, 0) is 5.41 Å². The summed E-state index contributed by atoms with van der Waals surface area (Å²) >= 11 is 0. The second-order valence-corrected chi connectivity index (χ2v) is 4.99. The lowest BCUT2D eigenvalue weighted by Crippen LogP contribution is -2.33. The summed E-state index contributed by atoms with van der Waals surface area (Å²) in [6.45, 7) is 0.443. The Hall–Kier alpha value is -1.36. The number of fused-ring (bicyclic) bond motifs is 1. The van der Waals surface area contributed by atoms with E-state index in [9.17, 15) is 8.78 Å². The molecule has 2 aliphatic rings. The van der Waals surface area contributed by atoms with Crippen molar-refractivity contribution in [3.63, 3.8) is 0 Å². The Labute approximate surface area is 104 Å². The molecule has 3 rings (SSSR count). The van der Waals surface area contributed by atoms with Gasteiger partial charge in [-0.2, -0.15) is 0 Å². The Morgan fingerprint density at radius 1 is 1.17 bits per heavy atom. The van der Waals surface area contributed by atoms with Crippen molar-refractivity contribution >= 4 is 0 Å². The number of benzene rings is 1. The third kappa shape index (κ3) is 1.65. The maximum atomic E-state index is 13.2. The van der Waals surface area contributed by atoms with E-state index in [0.29, 0.717) is 6.54 Å². The van der Waals surface area contributed by atoms with E-state index in [1.54, 1.807) is 6.07 Å². The quantitative estimate of drug-likeness (QED) is 0.883. The molecule has 0 spiro atoms. The van der Waals surface area contributed by atoms with E-state index in [1.165, 1.54) is 6.07 Å². The minimum atomic E-state index is -3.56. The highest BCUT2D eigenvalue weighted by atomic mass is 19.3. The standard InChI is InChI=1S/C13H15F2NO2/c14-13(15)17-10-5-3-4-9(11(10)18-13)12(8-16)6-1-2-7-12/h3-5H,1-2,6-8,16H2. The van der Waals surface area contributed by atoms with Gasteiger partial charge in [0, 0.05) is 17.5 Å². The van der Waals surface area contributed by atoms with Gasteiger partial charge in [0.25, 0.3) is 0 Å². The van der Waals surface area contributed by atoms with Crippen molar-refractivity contribution in [2.24, 2.45) is 5.73 Å². The van der Waals surface area contributed by atoms with Crippen LogP contribution in [0.3, 0.4) is 0 Å². The van der Waals surface area contributed by atoms with Crippen LogP contribution in [0.4, 0.5) is 8.78 Å². The van der Waals surface area contributed by atoms with Gasteiger partial charge in [-0.15, -0.1) is 8.78 Å². The number of rotatable bonds is 2. The first-order chi connectivity index (χ1) is 8.56. The van der Waals surface area contributed by atoms with E-state index in [2.05, 4.69) is 9.47 Å². The molecular weight excluding hydrogens is 240 g/mol. The highest BCUT2D eigenvalue weighted by molar-refractivity contribution is 5.52. The highest BCUT2D eigenvalue weighted by Crippen LogP contribution is 2.51. The highest BCUT2D eigenvalue weighted by Gasteiger charge is 2.47. The summed E-state index contributed by atoms with van der Waals surface area (Å²) < 4.78 is 35.5. The number of para-hydroxylation sites is 1. The molecule has 0 aromatic heterocycles.